The van der Waals surface area contributed by atoms with Crippen LogP contribution in [0.4, 0.5) is 13.2 Å². The number of aromatic nitrogens is 1. The maximum Gasteiger partial charge on any atom is 0.225 e. The summed E-state index contributed by atoms with van der Waals surface area (Å²) in [4.78, 5) is 17.0. The minimum atomic E-state index is -1.01. The topological polar surface area (TPSA) is 76.6 Å². The molecule has 3 aromatic rings. The molecule has 1 saturated carbocycles. The molecule has 1 fully saturated rings. The molecule has 8 heteroatoms. The van der Waals surface area contributed by atoms with Crippen LogP contribution in [0, 0.1) is 23.4 Å². The highest BCUT2D eigenvalue weighted by molar-refractivity contribution is 5.92. The largest absolute Gasteiger partial charge is 0.394 e. The van der Waals surface area contributed by atoms with Gasteiger partial charge in [0.25, 0.3) is 0 Å². The fraction of sp³-hybridized carbons (Fsp3) is 0.348. The van der Waals surface area contributed by atoms with Crippen molar-refractivity contribution >= 4 is 16.8 Å². The normalized spacial score (nSPS) is 19.3. The number of carbonyl (C=O) groups is 1. The van der Waals surface area contributed by atoms with E-state index in [2.05, 4.69) is 4.98 Å². The van der Waals surface area contributed by atoms with E-state index in [0.29, 0.717) is 35.0 Å². The van der Waals surface area contributed by atoms with Gasteiger partial charge in [-0.1, -0.05) is 0 Å². The molecule has 164 valence electrons. The first-order valence-electron chi connectivity index (χ1n) is 10.1. The van der Waals surface area contributed by atoms with Gasteiger partial charge >= 0.3 is 0 Å². The number of hydrogen-bond donors (Lipinski definition) is 3. The van der Waals surface area contributed by atoms with E-state index >= 15 is 0 Å². The lowest BCUT2D eigenvalue weighted by Gasteiger charge is -2.37. The number of fused-ring (bicyclic) bond motifs is 1. The highest BCUT2D eigenvalue weighted by atomic mass is 19.1. The van der Waals surface area contributed by atoms with Crippen LogP contribution in [-0.2, 0) is 4.79 Å². The van der Waals surface area contributed by atoms with E-state index in [1.165, 1.54) is 23.1 Å². The molecule has 1 aromatic heterocycles. The van der Waals surface area contributed by atoms with Crippen LogP contribution in [0.3, 0.4) is 0 Å². The van der Waals surface area contributed by atoms with Crippen molar-refractivity contribution in [1.29, 1.82) is 0 Å². The second-order valence-electron chi connectivity index (χ2n) is 8.15. The van der Waals surface area contributed by atoms with Gasteiger partial charge in [0, 0.05) is 31.0 Å². The lowest BCUT2D eigenvalue weighted by atomic mass is 9.69. The maximum absolute atomic E-state index is 14.4. The number of amides is 1. The molecular weight excluding hydrogens is 409 g/mol. The number of aliphatic hydroxyl groups is 2. The summed E-state index contributed by atoms with van der Waals surface area (Å²) in [5.41, 5.74) is 2.11. The molecule has 0 bridgehead atoms. The number of aromatic amines is 1. The molecule has 0 spiro atoms. The van der Waals surface area contributed by atoms with Crippen LogP contribution >= 0.6 is 0 Å². The van der Waals surface area contributed by atoms with Gasteiger partial charge in [-0.05, 0) is 60.2 Å². The first-order valence-corrected chi connectivity index (χ1v) is 10.1. The first-order chi connectivity index (χ1) is 14.8. The van der Waals surface area contributed by atoms with Crippen LogP contribution in [0.15, 0.2) is 36.4 Å². The second-order valence-corrected chi connectivity index (χ2v) is 8.15. The van der Waals surface area contributed by atoms with Gasteiger partial charge < -0.3 is 20.1 Å². The first kappa shape index (κ1) is 21.4. The highest BCUT2D eigenvalue weighted by Gasteiger charge is 2.39. The third kappa shape index (κ3) is 4.05. The maximum atomic E-state index is 14.4. The number of halogens is 3. The Kier molecular flexibility index (Phi) is 5.77. The number of hydrogen-bond acceptors (Lipinski definition) is 3. The zero-order chi connectivity index (χ0) is 22.3. The molecule has 1 heterocycles. The van der Waals surface area contributed by atoms with Crippen LogP contribution in [0.25, 0.3) is 22.2 Å². The molecule has 1 amide bonds. The van der Waals surface area contributed by atoms with E-state index in [4.69, 9.17) is 5.11 Å². The van der Waals surface area contributed by atoms with Crippen molar-refractivity contribution in [3.05, 3.63) is 59.4 Å². The van der Waals surface area contributed by atoms with Crippen LogP contribution in [0.1, 0.15) is 24.3 Å². The van der Waals surface area contributed by atoms with Crippen molar-refractivity contribution in [3.8, 4) is 11.3 Å². The molecule has 1 unspecified atom stereocenters. The number of likely N-dealkylation sites (N-methyl/N-ethyl adjacent to an activating group) is 1. The predicted octanol–water partition coefficient (Wildman–Crippen LogP) is 3.56. The molecule has 1 aliphatic rings. The number of H-pyrrole nitrogens is 1. The molecule has 0 radical (unpaired) electrons. The lowest BCUT2D eigenvalue weighted by molar-refractivity contribution is -0.139. The molecule has 3 N–H and O–H groups in total. The summed E-state index contributed by atoms with van der Waals surface area (Å²) in [5, 5.41) is 18.9. The smallest absolute Gasteiger partial charge is 0.225 e. The Morgan fingerprint density at radius 3 is 2.48 bits per heavy atom. The Bertz CT molecular complexity index is 1110. The molecule has 31 heavy (non-hydrogen) atoms. The molecular formula is C23H23F3N2O3. The number of nitrogens with zero attached hydrogens (tertiary/aromatic N) is 1. The van der Waals surface area contributed by atoms with Crippen LogP contribution in [0.5, 0.6) is 0 Å². The third-order valence-corrected chi connectivity index (χ3v) is 5.96. The fourth-order valence-electron chi connectivity index (χ4n) is 4.34. The Morgan fingerprint density at radius 1 is 1.16 bits per heavy atom. The Labute approximate surface area is 177 Å². The molecule has 4 rings (SSSR count). The van der Waals surface area contributed by atoms with Crippen molar-refractivity contribution in [2.45, 2.75) is 24.9 Å². The summed E-state index contributed by atoms with van der Waals surface area (Å²) < 4.78 is 41.8. The van der Waals surface area contributed by atoms with Crippen molar-refractivity contribution in [2.75, 3.05) is 20.2 Å². The van der Waals surface area contributed by atoms with Crippen LogP contribution in [0.2, 0.25) is 0 Å². The molecule has 1 aliphatic carbocycles. The summed E-state index contributed by atoms with van der Waals surface area (Å²) in [5.74, 6) is -2.36. The van der Waals surface area contributed by atoms with Crippen LogP contribution in [-0.4, -0.2) is 52.3 Å². The highest BCUT2D eigenvalue weighted by Crippen LogP contribution is 2.48. The molecule has 0 aliphatic heterocycles. The van der Waals surface area contributed by atoms with Gasteiger partial charge in [-0.25, -0.2) is 13.2 Å². The van der Waals surface area contributed by atoms with Gasteiger partial charge in [0.05, 0.1) is 23.9 Å². The van der Waals surface area contributed by atoms with E-state index in [1.807, 2.05) is 0 Å². The Hall–Kier alpha value is -2.84. The zero-order valence-corrected chi connectivity index (χ0v) is 16.9. The minimum absolute atomic E-state index is 0.0286. The second kappa shape index (κ2) is 8.36. The Balaban J connectivity index is 1.65. The third-order valence-electron chi connectivity index (χ3n) is 5.96. The lowest BCUT2D eigenvalue weighted by Crippen LogP contribution is -2.43. The number of nitrogens with one attached hydrogen (secondary N) is 1. The SMILES string of the molecule is CN(CC(O)CO)C(=O)C1CC(c2c(-c3ccc(F)cc3)[nH]c3c(F)cc(F)cc23)C1. The minimum Gasteiger partial charge on any atom is -0.394 e. The Morgan fingerprint density at radius 2 is 1.84 bits per heavy atom. The summed E-state index contributed by atoms with van der Waals surface area (Å²) in [6.45, 7) is -0.404. The number of carbonyl (C=O) groups excluding carboxylic acids is 1. The van der Waals surface area contributed by atoms with Crippen molar-refractivity contribution in [2.24, 2.45) is 5.92 Å². The van der Waals surface area contributed by atoms with E-state index in [-0.39, 0.29) is 29.8 Å². The van der Waals surface area contributed by atoms with Gasteiger partial charge in [0.1, 0.15) is 17.5 Å². The van der Waals surface area contributed by atoms with E-state index in [9.17, 15) is 23.1 Å². The molecule has 1 atom stereocenters. The number of benzene rings is 2. The zero-order valence-electron chi connectivity index (χ0n) is 16.9. The average Bonchev–Trinajstić information content (AvgIpc) is 3.06. The molecule has 2 aromatic carbocycles. The van der Waals surface area contributed by atoms with Crippen molar-refractivity contribution in [3.63, 3.8) is 0 Å². The summed E-state index contributed by atoms with van der Waals surface area (Å²) in [6, 6.07) is 7.83. The van der Waals surface area contributed by atoms with Crippen molar-refractivity contribution < 1.29 is 28.2 Å². The van der Waals surface area contributed by atoms with Gasteiger partial charge in [0.2, 0.25) is 5.91 Å². The average molecular weight is 432 g/mol. The fourth-order valence-corrected chi connectivity index (χ4v) is 4.34. The monoisotopic (exact) mass is 432 g/mol. The van der Waals surface area contributed by atoms with Gasteiger partial charge in [-0.2, -0.15) is 0 Å². The quantitative estimate of drug-likeness (QED) is 0.558. The molecule has 5 nitrogen and oxygen atoms in total. The summed E-state index contributed by atoms with van der Waals surface area (Å²) >= 11 is 0. The summed E-state index contributed by atoms with van der Waals surface area (Å²) in [6.07, 6.45) is -0.0375. The molecule has 0 saturated heterocycles. The van der Waals surface area contributed by atoms with Crippen molar-refractivity contribution in [1.82, 2.24) is 9.88 Å². The van der Waals surface area contributed by atoms with E-state index in [1.54, 1.807) is 19.2 Å². The van der Waals surface area contributed by atoms with E-state index < -0.39 is 30.2 Å². The van der Waals surface area contributed by atoms with Crippen LogP contribution < -0.4 is 0 Å². The number of aliphatic hydroxyl groups excluding tert-OH is 2. The standard InChI is InChI=1S/C23H23F3N2O3/c1-28(10-17(30)11-29)23(31)14-6-13(7-14)20-18-8-16(25)9-19(26)22(18)27-21(20)12-2-4-15(24)5-3-12/h2-5,8-9,13-14,17,27,29-30H,6-7,10-11H2,1H3. The summed E-state index contributed by atoms with van der Waals surface area (Å²) in [7, 11) is 1.56. The van der Waals surface area contributed by atoms with Gasteiger partial charge in [-0.15, -0.1) is 0 Å². The van der Waals surface area contributed by atoms with Gasteiger partial charge in [-0.3, -0.25) is 4.79 Å². The predicted molar refractivity (Wildman–Crippen MR) is 110 cm³/mol. The number of rotatable bonds is 6. The van der Waals surface area contributed by atoms with E-state index in [0.717, 1.165) is 6.07 Å². The van der Waals surface area contributed by atoms with Gasteiger partial charge in [0.15, 0.2) is 0 Å².